The molecule has 0 aliphatic rings. The van der Waals surface area contributed by atoms with Crippen molar-refractivity contribution in [3.05, 3.63) is 95.1 Å². The lowest BCUT2D eigenvalue weighted by atomic mass is 10.1. The first kappa shape index (κ1) is 21.1. The number of carbonyl (C=O) groups excluding carboxylic acids is 2. The molecule has 0 atom stereocenters. The highest BCUT2D eigenvalue weighted by atomic mass is 16.5. The number of hydrogen-bond donors (Lipinski definition) is 1. The van der Waals surface area contributed by atoms with E-state index in [2.05, 4.69) is 5.32 Å². The highest BCUT2D eigenvalue weighted by Crippen LogP contribution is 2.18. The monoisotopic (exact) mass is 402 g/mol. The van der Waals surface area contributed by atoms with E-state index in [1.165, 1.54) is 4.90 Å². The quantitative estimate of drug-likeness (QED) is 0.629. The average Bonchev–Trinajstić information content (AvgIpc) is 2.76. The second-order valence-electron chi connectivity index (χ2n) is 7.26. The number of ether oxygens (including phenoxy) is 1. The lowest BCUT2D eigenvalue weighted by Crippen LogP contribution is -2.35. The molecule has 30 heavy (non-hydrogen) atoms. The summed E-state index contributed by atoms with van der Waals surface area (Å²) in [6.07, 6.45) is 0. The first-order chi connectivity index (χ1) is 14.4. The summed E-state index contributed by atoms with van der Waals surface area (Å²) in [5, 5.41) is 2.88. The van der Waals surface area contributed by atoms with Gasteiger partial charge in [0.05, 0.1) is 6.54 Å². The molecule has 1 N–H and O–H groups in total. The van der Waals surface area contributed by atoms with Gasteiger partial charge in [-0.1, -0.05) is 42.5 Å². The van der Waals surface area contributed by atoms with E-state index >= 15 is 0 Å². The van der Waals surface area contributed by atoms with Gasteiger partial charge in [0.15, 0.2) is 0 Å². The van der Waals surface area contributed by atoms with E-state index in [9.17, 15) is 9.59 Å². The zero-order valence-corrected chi connectivity index (χ0v) is 17.5. The Labute approximate surface area is 177 Å². The summed E-state index contributed by atoms with van der Waals surface area (Å²) >= 11 is 0. The maximum absolute atomic E-state index is 12.7. The fourth-order valence-corrected chi connectivity index (χ4v) is 3.01. The molecular weight excluding hydrogens is 376 g/mol. The number of benzene rings is 3. The van der Waals surface area contributed by atoms with Gasteiger partial charge in [-0.25, -0.2) is 0 Å². The molecule has 0 saturated carbocycles. The van der Waals surface area contributed by atoms with Crippen molar-refractivity contribution in [2.75, 3.05) is 18.9 Å². The number of para-hydroxylation sites is 1. The summed E-state index contributed by atoms with van der Waals surface area (Å²) in [4.78, 5) is 26.4. The summed E-state index contributed by atoms with van der Waals surface area (Å²) in [5.74, 6) is 0.362. The van der Waals surface area contributed by atoms with Gasteiger partial charge in [-0.05, 0) is 60.9 Å². The zero-order valence-electron chi connectivity index (χ0n) is 17.5. The molecule has 0 bridgehead atoms. The molecule has 5 heteroatoms. The van der Waals surface area contributed by atoms with Crippen LogP contribution in [0.4, 0.5) is 5.69 Å². The molecule has 0 radical (unpaired) electrons. The lowest BCUT2D eigenvalue weighted by molar-refractivity contribution is -0.116. The van der Waals surface area contributed by atoms with Gasteiger partial charge in [0.1, 0.15) is 12.4 Å². The molecule has 0 fully saturated rings. The van der Waals surface area contributed by atoms with Crippen molar-refractivity contribution in [2.24, 2.45) is 0 Å². The number of aryl methyl sites for hydroxylation is 1. The van der Waals surface area contributed by atoms with Crippen molar-refractivity contribution < 1.29 is 14.3 Å². The molecule has 0 spiro atoms. The number of rotatable bonds is 7. The van der Waals surface area contributed by atoms with Gasteiger partial charge in [0, 0.05) is 18.3 Å². The molecule has 0 aliphatic carbocycles. The van der Waals surface area contributed by atoms with Crippen molar-refractivity contribution in [2.45, 2.75) is 20.5 Å². The Morgan fingerprint density at radius 2 is 1.60 bits per heavy atom. The van der Waals surface area contributed by atoms with Gasteiger partial charge in [-0.15, -0.1) is 0 Å². The maximum atomic E-state index is 12.7. The Bertz CT molecular complexity index is 1010. The van der Waals surface area contributed by atoms with E-state index in [1.807, 2.05) is 74.5 Å². The topological polar surface area (TPSA) is 58.6 Å². The van der Waals surface area contributed by atoms with Crippen molar-refractivity contribution >= 4 is 17.5 Å². The maximum Gasteiger partial charge on any atom is 0.254 e. The molecule has 0 aliphatic heterocycles. The molecule has 0 unspecified atom stereocenters. The largest absolute Gasteiger partial charge is 0.489 e. The summed E-state index contributed by atoms with van der Waals surface area (Å²) in [7, 11) is 1.62. The minimum absolute atomic E-state index is 0.0227. The molecule has 3 aromatic rings. The number of carbonyl (C=O) groups is 2. The normalized spacial score (nSPS) is 10.4. The highest BCUT2D eigenvalue weighted by molar-refractivity contribution is 5.99. The van der Waals surface area contributed by atoms with E-state index in [-0.39, 0.29) is 18.4 Å². The van der Waals surface area contributed by atoms with Crippen LogP contribution in [-0.2, 0) is 11.4 Å². The minimum atomic E-state index is -0.229. The Morgan fingerprint density at radius 3 is 2.30 bits per heavy atom. The Balaban J connectivity index is 1.54. The Morgan fingerprint density at radius 1 is 0.900 bits per heavy atom. The van der Waals surface area contributed by atoms with Crippen LogP contribution in [0.2, 0.25) is 0 Å². The van der Waals surface area contributed by atoms with Crippen LogP contribution in [0.25, 0.3) is 0 Å². The Hall–Kier alpha value is -3.60. The fourth-order valence-electron chi connectivity index (χ4n) is 3.01. The van der Waals surface area contributed by atoms with Gasteiger partial charge >= 0.3 is 0 Å². The molecule has 0 heterocycles. The van der Waals surface area contributed by atoms with Crippen LogP contribution in [-0.4, -0.2) is 30.3 Å². The second-order valence-corrected chi connectivity index (χ2v) is 7.26. The van der Waals surface area contributed by atoms with E-state index < -0.39 is 0 Å². The SMILES string of the molecule is Cc1cccc(NC(=O)CN(C)C(=O)c2ccc(COc3ccccc3)cc2)c1C. The summed E-state index contributed by atoms with van der Waals surface area (Å²) in [6.45, 7) is 4.36. The smallest absolute Gasteiger partial charge is 0.254 e. The Kier molecular flexibility index (Phi) is 6.86. The molecule has 154 valence electrons. The van der Waals surface area contributed by atoms with Gasteiger partial charge in [-0.2, -0.15) is 0 Å². The average molecular weight is 402 g/mol. The van der Waals surface area contributed by atoms with Crippen molar-refractivity contribution in [3.63, 3.8) is 0 Å². The number of amides is 2. The fraction of sp³-hybridized carbons (Fsp3) is 0.200. The van der Waals surface area contributed by atoms with Crippen molar-refractivity contribution in [3.8, 4) is 5.75 Å². The van der Waals surface area contributed by atoms with E-state index in [4.69, 9.17) is 4.74 Å². The van der Waals surface area contributed by atoms with Crippen LogP contribution in [0.1, 0.15) is 27.0 Å². The van der Waals surface area contributed by atoms with Crippen LogP contribution in [0.3, 0.4) is 0 Å². The third kappa shape index (κ3) is 5.47. The van der Waals surface area contributed by atoms with Crippen LogP contribution in [0.15, 0.2) is 72.8 Å². The predicted molar refractivity (Wildman–Crippen MR) is 119 cm³/mol. The molecule has 3 rings (SSSR count). The molecular formula is C25H26N2O3. The third-order valence-electron chi connectivity index (χ3n) is 4.96. The molecule has 3 aromatic carbocycles. The number of hydrogen-bond acceptors (Lipinski definition) is 3. The van der Waals surface area contributed by atoms with Crippen LogP contribution < -0.4 is 10.1 Å². The van der Waals surface area contributed by atoms with Gasteiger partial charge in [0.2, 0.25) is 5.91 Å². The summed E-state index contributed by atoms with van der Waals surface area (Å²) in [6, 6.07) is 22.6. The molecule has 0 saturated heterocycles. The first-order valence-corrected chi connectivity index (χ1v) is 9.82. The predicted octanol–water partition coefficient (Wildman–Crippen LogP) is 4.59. The van der Waals surface area contributed by atoms with Crippen molar-refractivity contribution in [1.82, 2.24) is 4.90 Å². The third-order valence-corrected chi connectivity index (χ3v) is 4.96. The first-order valence-electron chi connectivity index (χ1n) is 9.82. The number of likely N-dealkylation sites (N-methyl/N-ethyl adjacent to an activating group) is 1. The number of nitrogens with zero attached hydrogens (tertiary/aromatic N) is 1. The number of anilines is 1. The van der Waals surface area contributed by atoms with E-state index in [1.54, 1.807) is 19.2 Å². The highest BCUT2D eigenvalue weighted by Gasteiger charge is 2.16. The molecule has 0 aromatic heterocycles. The number of nitrogens with one attached hydrogen (secondary N) is 1. The van der Waals surface area contributed by atoms with Crippen LogP contribution in [0.5, 0.6) is 5.75 Å². The minimum Gasteiger partial charge on any atom is -0.489 e. The second kappa shape index (κ2) is 9.74. The van der Waals surface area contributed by atoms with Gasteiger partial charge in [-0.3, -0.25) is 9.59 Å². The van der Waals surface area contributed by atoms with Crippen LogP contribution in [0, 0.1) is 13.8 Å². The molecule has 5 nitrogen and oxygen atoms in total. The molecule has 2 amide bonds. The van der Waals surface area contributed by atoms with E-state index in [0.29, 0.717) is 12.2 Å². The van der Waals surface area contributed by atoms with Crippen molar-refractivity contribution in [1.29, 1.82) is 0 Å². The standard InChI is InChI=1S/C25H26N2O3/c1-18-8-7-11-23(19(18)2)26-24(28)16-27(3)25(29)21-14-12-20(13-15-21)17-30-22-9-5-4-6-10-22/h4-15H,16-17H2,1-3H3,(H,26,28). The summed E-state index contributed by atoms with van der Waals surface area (Å²) in [5.41, 5.74) is 4.39. The zero-order chi connectivity index (χ0) is 21.5. The van der Waals surface area contributed by atoms with Crippen LogP contribution >= 0.6 is 0 Å². The van der Waals surface area contributed by atoms with E-state index in [0.717, 1.165) is 28.1 Å². The van der Waals surface area contributed by atoms with Gasteiger partial charge < -0.3 is 15.0 Å². The lowest BCUT2D eigenvalue weighted by Gasteiger charge is -2.18. The summed E-state index contributed by atoms with van der Waals surface area (Å²) < 4.78 is 5.72. The van der Waals surface area contributed by atoms with Gasteiger partial charge in [0.25, 0.3) is 5.91 Å².